The fourth-order valence-corrected chi connectivity index (χ4v) is 4.27. The molecule has 9 heteroatoms. The number of sulfonamides is 1. The van der Waals surface area contributed by atoms with Gasteiger partial charge in [-0.05, 0) is 43.9 Å². The number of aryl methyl sites for hydroxylation is 1. The van der Waals surface area contributed by atoms with Crippen molar-refractivity contribution in [3.8, 4) is 0 Å². The van der Waals surface area contributed by atoms with Crippen LogP contribution < -0.4 is 5.32 Å². The highest BCUT2D eigenvalue weighted by Crippen LogP contribution is 2.40. The van der Waals surface area contributed by atoms with Gasteiger partial charge in [-0.3, -0.25) is 4.79 Å². The van der Waals surface area contributed by atoms with Crippen molar-refractivity contribution in [3.63, 3.8) is 0 Å². The number of amides is 1. The van der Waals surface area contributed by atoms with Crippen LogP contribution in [-0.2, 0) is 14.8 Å². The largest absolute Gasteiger partial charge is 0.391 e. The molecule has 1 aromatic carbocycles. The average molecular weight is 392 g/mol. The minimum Gasteiger partial charge on any atom is -0.326 e. The highest BCUT2D eigenvalue weighted by Gasteiger charge is 2.43. The maximum absolute atomic E-state index is 12.9. The molecular weight excluding hydrogens is 369 g/mol. The Balaban J connectivity index is 2.17. The van der Waals surface area contributed by atoms with Crippen molar-refractivity contribution in [2.24, 2.45) is 11.8 Å². The summed E-state index contributed by atoms with van der Waals surface area (Å²) in [6.45, 7) is 1.64. The van der Waals surface area contributed by atoms with Crippen molar-refractivity contribution in [2.75, 3.05) is 19.4 Å². The number of carbonyl (C=O) groups is 1. The number of hydrogen-bond donors (Lipinski definition) is 1. The molecule has 1 amide bonds. The van der Waals surface area contributed by atoms with Gasteiger partial charge in [-0.15, -0.1) is 0 Å². The Hall–Kier alpha value is -1.61. The summed E-state index contributed by atoms with van der Waals surface area (Å²) in [5.41, 5.74) is 0.779. The zero-order chi connectivity index (χ0) is 19.7. The lowest BCUT2D eigenvalue weighted by atomic mass is 9.80. The quantitative estimate of drug-likeness (QED) is 0.852. The molecule has 1 aliphatic carbocycles. The monoisotopic (exact) mass is 392 g/mol. The van der Waals surface area contributed by atoms with E-state index in [1.54, 1.807) is 19.1 Å². The van der Waals surface area contributed by atoms with Crippen molar-refractivity contribution in [1.82, 2.24) is 4.31 Å². The van der Waals surface area contributed by atoms with Gasteiger partial charge in [-0.25, -0.2) is 12.7 Å². The average Bonchev–Trinajstić information content (AvgIpc) is 2.55. The molecule has 2 unspecified atom stereocenters. The molecule has 5 nitrogen and oxygen atoms in total. The van der Waals surface area contributed by atoms with Gasteiger partial charge in [0.15, 0.2) is 0 Å². The Morgan fingerprint density at radius 2 is 1.88 bits per heavy atom. The Morgan fingerprint density at radius 1 is 1.23 bits per heavy atom. The molecule has 0 radical (unpaired) electrons. The molecule has 0 aromatic heterocycles. The molecule has 2 atom stereocenters. The van der Waals surface area contributed by atoms with Crippen LogP contribution in [0.25, 0.3) is 0 Å². The molecule has 1 aromatic rings. The number of halogens is 3. The van der Waals surface area contributed by atoms with Crippen molar-refractivity contribution in [2.45, 2.75) is 43.7 Å². The molecule has 1 N–H and O–H groups in total. The smallest absolute Gasteiger partial charge is 0.326 e. The summed E-state index contributed by atoms with van der Waals surface area (Å²) >= 11 is 0. The van der Waals surface area contributed by atoms with Crippen molar-refractivity contribution < 1.29 is 26.4 Å². The van der Waals surface area contributed by atoms with Crippen LogP contribution in [0.2, 0.25) is 0 Å². The van der Waals surface area contributed by atoms with E-state index in [0.717, 1.165) is 4.31 Å². The number of alkyl halides is 3. The van der Waals surface area contributed by atoms with Crippen molar-refractivity contribution >= 4 is 21.6 Å². The first-order chi connectivity index (χ1) is 11.9. The maximum atomic E-state index is 12.9. The molecule has 26 heavy (non-hydrogen) atoms. The van der Waals surface area contributed by atoms with Crippen molar-refractivity contribution in [3.05, 3.63) is 23.8 Å². The summed E-state index contributed by atoms with van der Waals surface area (Å²) in [4.78, 5) is 12.4. The number of nitrogens with zero attached hydrogens (tertiary/aromatic N) is 1. The Labute approximate surface area is 151 Å². The Bertz CT molecular complexity index is 776. The van der Waals surface area contributed by atoms with Gasteiger partial charge in [0.05, 0.1) is 10.8 Å². The predicted molar refractivity (Wildman–Crippen MR) is 92.2 cm³/mol. The van der Waals surface area contributed by atoms with Gasteiger partial charge in [0.25, 0.3) is 0 Å². The zero-order valence-corrected chi connectivity index (χ0v) is 15.7. The predicted octanol–water partition coefficient (Wildman–Crippen LogP) is 3.55. The first-order valence-corrected chi connectivity index (χ1v) is 9.77. The summed E-state index contributed by atoms with van der Waals surface area (Å²) in [7, 11) is -0.881. The van der Waals surface area contributed by atoms with Gasteiger partial charge in [0.1, 0.15) is 0 Å². The van der Waals surface area contributed by atoms with Crippen LogP contribution in [0.5, 0.6) is 0 Å². The minimum atomic E-state index is -4.30. The van der Waals surface area contributed by atoms with Crippen LogP contribution in [-0.4, -0.2) is 38.9 Å². The van der Waals surface area contributed by atoms with Gasteiger partial charge in [0, 0.05) is 25.7 Å². The van der Waals surface area contributed by atoms with Crippen molar-refractivity contribution in [1.29, 1.82) is 0 Å². The first kappa shape index (κ1) is 20.7. The van der Waals surface area contributed by atoms with E-state index in [0.29, 0.717) is 18.4 Å². The molecule has 146 valence electrons. The SMILES string of the molecule is Cc1ccc(NC(=O)C2CCCC(C(F)(F)F)C2)cc1S(=O)(=O)N(C)C. The topological polar surface area (TPSA) is 66.5 Å². The number of rotatable bonds is 4. The van der Waals surface area contributed by atoms with E-state index in [9.17, 15) is 26.4 Å². The van der Waals surface area contributed by atoms with Crippen LogP contribution in [0.15, 0.2) is 23.1 Å². The second-order valence-electron chi connectivity index (χ2n) is 6.86. The van der Waals surface area contributed by atoms with Gasteiger partial charge >= 0.3 is 6.18 Å². The molecule has 2 rings (SSSR count). The second kappa shape index (κ2) is 7.56. The number of anilines is 1. The normalized spacial score (nSPS) is 21.7. The van der Waals surface area contributed by atoms with E-state index in [2.05, 4.69) is 5.32 Å². The van der Waals surface area contributed by atoms with Crippen LogP contribution in [0.1, 0.15) is 31.2 Å². The highest BCUT2D eigenvalue weighted by molar-refractivity contribution is 7.89. The number of carbonyl (C=O) groups excluding carboxylic acids is 1. The van der Waals surface area contributed by atoms with Crippen LogP contribution in [0, 0.1) is 18.8 Å². The maximum Gasteiger partial charge on any atom is 0.391 e. The summed E-state index contributed by atoms with van der Waals surface area (Å²) in [6.07, 6.45) is -3.74. The summed E-state index contributed by atoms with van der Waals surface area (Å²) < 4.78 is 64.5. The number of hydrogen-bond acceptors (Lipinski definition) is 3. The van der Waals surface area contributed by atoms with E-state index in [1.807, 2.05) is 0 Å². The molecule has 1 saturated carbocycles. The minimum absolute atomic E-state index is 0.0447. The summed E-state index contributed by atoms with van der Waals surface area (Å²) in [5.74, 6) is -2.70. The fraction of sp³-hybridized carbons (Fsp3) is 0.588. The first-order valence-electron chi connectivity index (χ1n) is 8.33. The molecular formula is C17H23F3N2O3S. The molecule has 0 aliphatic heterocycles. The number of nitrogens with one attached hydrogen (secondary N) is 1. The lowest BCUT2D eigenvalue weighted by Crippen LogP contribution is -2.34. The second-order valence-corrected chi connectivity index (χ2v) is 8.98. The summed E-state index contributed by atoms with van der Waals surface area (Å²) in [5, 5.41) is 2.57. The third-order valence-corrected chi connectivity index (χ3v) is 6.68. The lowest BCUT2D eigenvalue weighted by molar-refractivity contribution is -0.185. The van der Waals surface area contributed by atoms with E-state index < -0.39 is 33.9 Å². The van der Waals surface area contributed by atoms with E-state index in [-0.39, 0.29) is 23.4 Å². The highest BCUT2D eigenvalue weighted by atomic mass is 32.2. The van der Waals surface area contributed by atoms with Gasteiger partial charge < -0.3 is 5.32 Å². The number of benzene rings is 1. The van der Waals surface area contributed by atoms with Crippen LogP contribution in [0.4, 0.5) is 18.9 Å². The Morgan fingerprint density at radius 3 is 2.46 bits per heavy atom. The zero-order valence-electron chi connectivity index (χ0n) is 14.9. The molecule has 1 aliphatic rings. The Kier molecular flexibility index (Phi) is 6.02. The van der Waals surface area contributed by atoms with Gasteiger partial charge in [0.2, 0.25) is 15.9 Å². The standard InChI is InChI=1S/C17H23F3N2O3S/c1-11-7-8-14(10-15(11)26(24,25)22(2)3)21-16(23)12-5-4-6-13(9-12)17(18,19)20/h7-8,10,12-13H,4-6,9H2,1-3H3,(H,21,23). The lowest BCUT2D eigenvalue weighted by Gasteiger charge is -2.29. The van der Waals surface area contributed by atoms with E-state index in [1.165, 1.54) is 20.2 Å². The third kappa shape index (κ3) is 4.56. The molecule has 0 bridgehead atoms. The molecule has 0 heterocycles. The summed E-state index contributed by atoms with van der Waals surface area (Å²) in [6, 6.07) is 4.45. The molecule has 0 saturated heterocycles. The van der Waals surface area contributed by atoms with Crippen LogP contribution >= 0.6 is 0 Å². The molecule has 1 fully saturated rings. The van der Waals surface area contributed by atoms with Crippen LogP contribution in [0.3, 0.4) is 0 Å². The van der Waals surface area contributed by atoms with E-state index in [4.69, 9.17) is 0 Å². The fourth-order valence-electron chi connectivity index (χ4n) is 3.12. The van der Waals surface area contributed by atoms with Gasteiger partial charge in [-0.1, -0.05) is 12.5 Å². The molecule has 0 spiro atoms. The van der Waals surface area contributed by atoms with E-state index >= 15 is 0 Å². The van der Waals surface area contributed by atoms with Gasteiger partial charge in [-0.2, -0.15) is 13.2 Å². The third-order valence-electron chi connectivity index (χ3n) is 4.72.